The van der Waals surface area contributed by atoms with Crippen LogP contribution in [0.5, 0.6) is 0 Å². The number of aromatic nitrogens is 1. The first kappa shape index (κ1) is 10.1. The highest BCUT2D eigenvalue weighted by Crippen LogP contribution is 2.33. The lowest BCUT2D eigenvalue weighted by Gasteiger charge is -2.05. The Hall–Kier alpha value is -0.0300. The molecule has 0 N–H and O–H groups in total. The molecular formula is C7H5Br2F2N. The predicted molar refractivity (Wildman–Crippen MR) is 49.3 cm³/mol. The van der Waals surface area contributed by atoms with Gasteiger partial charge < -0.3 is 0 Å². The predicted octanol–water partition coefficient (Wildman–Crippen LogP) is 3.85. The number of rotatable bonds is 1. The first-order valence-electron chi connectivity index (χ1n) is 3.12. The molecule has 0 atom stereocenters. The van der Waals surface area contributed by atoms with Crippen molar-refractivity contribution < 1.29 is 8.78 Å². The van der Waals surface area contributed by atoms with E-state index in [4.69, 9.17) is 0 Å². The van der Waals surface area contributed by atoms with Gasteiger partial charge in [-0.3, -0.25) is 4.98 Å². The second kappa shape index (κ2) is 3.79. The molecule has 1 aromatic rings. The molecule has 5 heteroatoms. The number of halogens is 4. The van der Waals surface area contributed by atoms with Crippen LogP contribution in [0.3, 0.4) is 0 Å². The Balaban J connectivity index is 3.27. The second-order valence-corrected chi connectivity index (χ2v) is 3.81. The van der Waals surface area contributed by atoms with Crippen LogP contribution >= 0.6 is 31.9 Å². The molecular weight excluding hydrogens is 296 g/mol. The highest BCUT2D eigenvalue weighted by atomic mass is 79.9. The van der Waals surface area contributed by atoms with Crippen molar-refractivity contribution in [2.24, 2.45) is 0 Å². The van der Waals surface area contributed by atoms with Crippen molar-refractivity contribution in [2.75, 3.05) is 0 Å². The summed E-state index contributed by atoms with van der Waals surface area (Å²) in [4.78, 5) is 3.80. The molecule has 1 aromatic heterocycles. The van der Waals surface area contributed by atoms with Gasteiger partial charge in [0.15, 0.2) is 0 Å². The zero-order valence-electron chi connectivity index (χ0n) is 6.11. The molecule has 0 saturated heterocycles. The van der Waals surface area contributed by atoms with Gasteiger partial charge in [-0.15, -0.1) is 0 Å². The highest BCUT2D eigenvalue weighted by molar-refractivity contribution is 9.13. The summed E-state index contributed by atoms with van der Waals surface area (Å²) in [5.41, 5.74) is 0.596. The smallest absolute Gasteiger partial charge is 0.260 e. The number of aryl methyl sites for hydroxylation is 1. The maximum atomic E-state index is 12.2. The van der Waals surface area contributed by atoms with Crippen LogP contribution < -0.4 is 0 Å². The number of pyridine rings is 1. The van der Waals surface area contributed by atoms with Crippen LogP contribution in [-0.4, -0.2) is 4.98 Å². The topological polar surface area (TPSA) is 12.9 Å². The summed E-state index contributed by atoms with van der Waals surface area (Å²) in [5, 5.41) is 0. The van der Waals surface area contributed by atoms with Crippen LogP contribution in [0.2, 0.25) is 0 Å². The van der Waals surface area contributed by atoms with Crippen molar-refractivity contribution >= 4 is 31.9 Å². The van der Waals surface area contributed by atoms with Crippen LogP contribution in [0, 0.1) is 6.92 Å². The third kappa shape index (κ3) is 1.82. The van der Waals surface area contributed by atoms with E-state index in [2.05, 4.69) is 36.8 Å². The molecule has 0 bridgehead atoms. The Kier molecular flexibility index (Phi) is 3.17. The quantitative estimate of drug-likeness (QED) is 0.767. The van der Waals surface area contributed by atoms with Gasteiger partial charge in [-0.2, -0.15) is 0 Å². The highest BCUT2D eigenvalue weighted by Gasteiger charge is 2.15. The van der Waals surface area contributed by atoms with Gasteiger partial charge in [0.05, 0.1) is 15.7 Å². The average molecular weight is 301 g/mol. The summed E-state index contributed by atoms with van der Waals surface area (Å²) in [7, 11) is 0. The first-order valence-corrected chi connectivity index (χ1v) is 4.71. The SMILES string of the molecule is Cc1ncc(C(F)F)c(Br)c1Br. The molecule has 0 aliphatic rings. The molecule has 1 nitrogen and oxygen atoms in total. The van der Waals surface area contributed by atoms with Gasteiger partial charge in [0.1, 0.15) is 0 Å². The maximum Gasteiger partial charge on any atom is 0.266 e. The van der Waals surface area contributed by atoms with E-state index in [1.807, 2.05) is 0 Å². The Morgan fingerprint density at radius 2 is 1.92 bits per heavy atom. The lowest BCUT2D eigenvalue weighted by atomic mass is 10.3. The van der Waals surface area contributed by atoms with E-state index in [9.17, 15) is 8.78 Å². The van der Waals surface area contributed by atoms with Gasteiger partial charge >= 0.3 is 0 Å². The van der Waals surface area contributed by atoms with Crippen molar-refractivity contribution in [1.29, 1.82) is 0 Å². The number of hydrogen-bond acceptors (Lipinski definition) is 1. The molecule has 1 rings (SSSR count). The van der Waals surface area contributed by atoms with Crippen LogP contribution in [0.4, 0.5) is 8.78 Å². The summed E-state index contributed by atoms with van der Waals surface area (Å²) in [6.07, 6.45) is -1.32. The third-order valence-corrected chi connectivity index (χ3v) is 3.75. The van der Waals surface area contributed by atoms with Gasteiger partial charge in [0.2, 0.25) is 0 Å². The third-order valence-electron chi connectivity index (χ3n) is 1.40. The van der Waals surface area contributed by atoms with Crippen LogP contribution in [-0.2, 0) is 0 Å². The lowest BCUT2D eigenvalue weighted by molar-refractivity contribution is 0.150. The zero-order chi connectivity index (χ0) is 9.30. The van der Waals surface area contributed by atoms with E-state index in [1.165, 1.54) is 6.20 Å². The largest absolute Gasteiger partial charge is 0.266 e. The number of hydrogen-bond donors (Lipinski definition) is 0. The van der Waals surface area contributed by atoms with Crippen molar-refractivity contribution in [3.63, 3.8) is 0 Å². The molecule has 0 saturated carbocycles. The van der Waals surface area contributed by atoms with Gasteiger partial charge in [-0.05, 0) is 38.8 Å². The molecule has 12 heavy (non-hydrogen) atoms. The van der Waals surface area contributed by atoms with E-state index in [-0.39, 0.29) is 5.56 Å². The van der Waals surface area contributed by atoms with Gasteiger partial charge in [0, 0.05) is 10.7 Å². The summed E-state index contributed by atoms with van der Waals surface area (Å²) >= 11 is 6.22. The monoisotopic (exact) mass is 299 g/mol. The molecule has 0 aromatic carbocycles. The van der Waals surface area contributed by atoms with Crippen molar-refractivity contribution in [1.82, 2.24) is 4.98 Å². The summed E-state index contributed by atoms with van der Waals surface area (Å²) in [6.45, 7) is 1.74. The molecule has 1 heterocycles. The van der Waals surface area contributed by atoms with E-state index in [0.29, 0.717) is 14.6 Å². The fourth-order valence-electron chi connectivity index (χ4n) is 0.717. The maximum absolute atomic E-state index is 12.2. The summed E-state index contributed by atoms with van der Waals surface area (Å²) < 4.78 is 25.5. The van der Waals surface area contributed by atoms with Crippen LogP contribution in [0.25, 0.3) is 0 Å². The number of nitrogens with zero attached hydrogens (tertiary/aromatic N) is 1. The zero-order valence-corrected chi connectivity index (χ0v) is 9.29. The van der Waals surface area contributed by atoms with Crippen LogP contribution in [0.15, 0.2) is 15.1 Å². The minimum atomic E-state index is -2.50. The Bertz CT molecular complexity index is 302. The van der Waals surface area contributed by atoms with Gasteiger partial charge in [0.25, 0.3) is 6.43 Å². The van der Waals surface area contributed by atoms with Crippen molar-refractivity contribution in [3.05, 3.63) is 26.4 Å². The van der Waals surface area contributed by atoms with Crippen LogP contribution in [0.1, 0.15) is 17.7 Å². The van der Waals surface area contributed by atoms with E-state index in [0.717, 1.165) is 0 Å². The number of alkyl halides is 2. The van der Waals surface area contributed by atoms with E-state index >= 15 is 0 Å². The Morgan fingerprint density at radius 3 is 2.42 bits per heavy atom. The molecule has 0 amide bonds. The lowest BCUT2D eigenvalue weighted by Crippen LogP contribution is -1.92. The minimum absolute atomic E-state index is 0.0903. The van der Waals surface area contributed by atoms with Crippen molar-refractivity contribution in [3.8, 4) is 0 Å². The summed E-state index contributed by atoms with van der Waals surface area (Å²) in [6, 6.07) is 0. The first-order chi connectivity index (χ1) is 5.54. The Morgan fingerprint density at radius 1 is 1.33 bits per heavy atom. The molecule has 0 fully saturated rings. The van der Waals surface area contributed by atoms with E-state index < -0.39 is 6.43 Å². The molecule has 0 radical (unpaired) electrons. The Labute approximate surface area is 85.4 Å². The van der Waals surface area contributed by atoms with Gasteiger partial charge in [-0.25, -0.2) is 8.78 Å². The van der Waals surface area contributed by atoms with Crippen molar-refractivity contribution in [2.45, 2.75) is 13.3 Å². The summed E-state index contributed by atoms with van der Waals surface area (Å²) in [5.74, 6) is 0. The fourth-order valence-corrected chi connectivity index (χ4v) is 1.61. The molecule has 0 spiro atoms. The molecule has 0 unspecified atom stereocenters. The van der Waals surface area contributed by atoms with Gasteiger partial charge in [-0.1, -0.05) is 0 Å². The fraction of sp³-hybridized carbons (Fsp3) is 0.286. The second-order valence-electron chi connectivity index (χ2n) is 2.23. The average Bonchev–Trinajstić information content (AvgIpc) is 2.00. The van der Waals surface area contributed by atoms with E-state index in [1.54, 1.807) is 6.92 Å². The molecule has 0 aliphatic heterocycles. The normalized spacial score (nSPS) is 10.8. The molecule has 66 valence electrons. The molecule has 0 aliphatic carbocycles. The minimum Gasteiger partial charge on any atom is -0.260 e. The standard InChI is InChI=1S/C7H5Br2F2N/c1-3-5(8)6(9)4(2-12-3)7(10)11/h2,7H,1H3.